The quantitative estimate of drug-likeness (QED) is 0.823. The van der Waals surface area contributed by atoms with Crippen LogP contribution in [0.5, 0.6) is 0 Å². The van der Waals surface area contributed by atoms with Crippen LogP contribution in [-0.2, 0) is 0 Å². The maximum atomic E-state index is 4.19. The molecule has 0 aliphatic rings. The van der Waals surface area contributed by atoms with E-state index in [0.717, 1.165) is 17.7 Å². The molecule has 0 spiro atoms. The maximum Gasteiger partial charge on any atom is 0.222 e. The van der Waals surface area contributed by atoms with Crippen LogP contribution in [0.15, 0.2) is 36.9 Å². The highest BCUT2D eigenvalue weighted by Crippen LogP contribution is 2.15. The lowest BCUT2D eigenvalue weighted by molar-refractivity contribution is 1.09. The average Bonchev–Trinajstić information content (AvgIpc) is 2.32. The predicted molar refractivity (Wildman–Crippen MR) is 59.4 cm³/mol. The minimum atomic E-state index is 0.658. The molecular weight excluding hydrogens is 188 g/mol. The van der Waals surface area contributed by atoms with Gasteiger partial charge in [-0.1, -0.05) is 6.07 Å². The highest BCUT2D eigenvalue weighted by atomic mass is 15.1. The minimum absolute atomic E-state index is 0.658. The Bertz CT molecular complexity index is 410. The Morgan fingerprint density at radius 1 is 1.13 bits per heavy atom. The second-order valence-corrected chi connectivity index (χ2v) is 3.07. The van der Waals surface area contributed by atoms with E-state index in [4.69, 9.17) is 0 Å². The molecule has 0 aliphatic carbocycles. The summed E-state index contributed by atoms with van der Waals surface area (Å²) in [6, 6.07) is 3.88. The lowest BCUT2D eigenvalue weighted by Gasteiger charge is -2.02. The van der Waals surface area contributed by atoms with Gasteiger partial charge in [0, 0.05) is 42.5 Å². The standard InChI is InChI=1S/C11H12N4/c1-2-13-11-14-7-10(8-15-11)9-4-3-5-12-6-9/h3-8H,2H2,1H3,(H,13,14,15). The van der Waals surface area contributed by atoms with Crippen molar-refractivity contribution in [2.75, 3.05) is 11.9 Å². The van der Waals surface area contributed by atoms with Crippen molar-refractivity contribution in [1.29, 1.82) is 0 Å². The third-order valence-corrected chi connectivity index (χ3v) is 1.98. The van der Waals surface area contributed by atoms with E-state index in [1.54, 1.807) is 24.8 Å². The van der Waals surface area contributed by atoms with Crippen molar-refractivity contribution in [1.82, 2.24) is 15.0 Å². The normalized spacial score (nSPS) is 9.93. The molecule has 0 atom stereocenters. The molecule has 0 bridgehead atoms. The Hall–Kier alpha value is -1.97. The van der Waals surface area contributed by atoms with Crippen molar-refractivity contribution in [3.8, 4) is 11.1 Å². The van der Waals surface area contributed by atoms with Crippen LogP contribution in [0.25, 0.3) is 11.1 Å². The van der Waals surface area contributed by atoms with Gasteiger partial charge in [-0.3, -0.25) is 4.98 Å². The molecule has 0 aromatic carbocycles. The molecule has 0 aliphatic heterocycles. The zero-order valence-corrected chi connectivity index (χ0v) is 8.51. The van der Waals surface area contributed by atoms with Crippen LogP contribution < -0.4 is 5.32 Å². The summed E-state index contributed by atoms with van der Waals surface area (Å²) in [7, 11) is 0. The zero-order chi connectivity index (χ0) is 10.5. The van der Waals surface area contributed by atoms with Crippen LogP contribution in [0, 0.1) is 0 Å². The summed E-state index contributed by atoms with van der Waals surface area (Å²) in [5, 5.41) is 3.05. The topological polar surface area (TPSA) is 50.7 Å². The first-order valence-corrected chi connectivity index (χ1v) is 4.86. The molecule has 1 N–H and O–H groups in total. The Balaban J connectivity index is 2.24. The zero-order valence-electron chi connectivity index (χ0n) is 8.51. The first kappa shape index (κ1) is 9.58. The second kappa shape index (κ2) is 4.50. The van der Waals surface area contributed by atoms with Crippen molar-refractivity contribution >= 4 is 5.95 Å². The number of nitrogens with one attached hydrogen (secondary N) is 1. The summed E-state index contributed by atoms with van der Waals surface area (Å²) in [4.78, 5) is 12.4. The fraction of sp³-hybridized carbons (Fsp3) is 0.182. The summed E-state index contributed by atoms with van der Waals surface area (Å²) in [5.41, 5.74) is 2.00. The van der Waals surface area contributed by atoms with E-state index in [2.05, 4.69) is 20.3 Å². The fourth-order valence-corrected chi connectivity index (χ4v) is 1.26. The van der Waals surface area contributed by atoms with Crippen molar-refractivity contribution in [2.24, 2.45) is 0 Å². The SMILES string of the molecule is CCNc1ncc(-c2cccnc2)cn1. The van der Waals surface area contributed by atoms with Gasteiger partial charge in [-0.25, -0.2) is 9.97 Å². The van der Waals surface area contributed by atoms with E-state index in [1.165, 1.54) is 0 Å². The highest BCUT2D eigenvalue weighted by Gasteiger charge is 1.98. The lowest BCUT2D eigenvalue weighted by Crippen LogP contribution is -2.01. The molecule has 0 amide bonds. The minimum Gasteiger partial charge on any atom is -0.355 e. The van der Waals surface area contributed by atoms with Crippen LogP contribution in [0.3, 0.4) is 0 Å². The van der Waals surface area contributed by atoms with Crippen LogP contribution in [-0.4, -0.2) is 21.5 Å². The number of pyridine rings is 1. The van der Waals surface area contributed by atoms with E-state index in [1.807, 2.05) is 19.1 Å². The summed E-state index contributed by atoms with van der Waals surface area (Å²) in [5.74, 6) is 0.658. The van der Waals surface area contributed by atoms with Gasteiger partial charge in [-0.2, -0.15) is 0 Å². The highest BCUT2D eigenvalue weighted by molar-refractivity contribution is 5.60. The first-order chi connectivity index (χ1) is 7.40. The smallest absolute Gasteiger partial charge is 0.222 e. The number of hydrogen-bond donors (Lipinski definition) is 1. The van der Waals surface area contributed by atoms with Crippen molar-refractivity contribution in [3.63, 3.8) is 0 Å². The maximum absolute atomic E-state index is 4.19. The summed E-state index contributed by atoms with van der Waals surface area (Å²) >= 11 is 0. The van der Waals surface area contributed by atoms with Gasteiger partial charge in [0.2, 0.25) is 5.95 Å². The second-order valence-electron chi connectivity index (χ2n) is 3.07. The van der Waals surface area contributed by atoms with E-state index in [9.17, 15) is 0 Å². The summed E-state index contributed by atoms with van der Waals surface area (Å²) in [6.45, 7) is 2.84. The summed E-state index contributed by atoms with van der Waals surface area (Å²) in [6.07, 6.45) is 7.13. The molecule has 2 rings (SSSR count). The molecule has 2 heterocycles. The predicted octanol–water partition coefficient (Wildman–Crippen LogP) is 1.97. The van der Waals surface area contributed by atoms with Gasteiger partial charge in [0.1, 0.15) is 0 Å². The van der Waals surface area contributed by atoms with Gasteiger partial charge in [0.15, 0.2) is 0 Å². The van der Waals surface area contributed by atoms with Gasteiger partial charge in [-0.05, 0) is 13.0 Å². The number of nitrogens with zero attached hydrogens (tertiary/aromatic N) is 3. The molecule has 0 saturated heterocycles. The molecule has 76 valence electrons. The van der Waals surface area contributed by atoms with Crippen LogP contribution in [0.4, 0.5) is 5.95 Å². The third kappa shape index (κ3) is 2.28. The molecule has 2 aromatic heterocycles. The van der Waals surface area contributed by atoms with Gasteiger partial charge in [0.05, 0.1) is 0 Å². The van der Waals surface area contributed by atoms with Crippen molar-refractivity contribution < 1.29 is 0 Å². The molecular formula is C11H12N4. The van der Waals surface area contributed by atoms with Crippen LogP contribution >= 0.6 is 0 Å². The van der Waals surface area contributed by atoms with Gasteiger partial charge in [-0.15, -0.1) is 0 Å². The Morgan fingerprint density at radius 2 is 1.93 bits per heavy atom. The van der Waals surface area contributed by atoms with Crippen molar-refractivity contribution in [2.45, 2.75) is 6.92 Å². The Kier molecular flexibility index (Phi) is 2.88. The van der Waals surface area contributed by atoms with Crippen LogP contribution in [0.2, 0.25) is 0 Å². The third-order valence-electron chi connectivity index (χ3n) is 1.98. The summed E-state index contributed by atoms with van der Waals surface area (Å²) < 4.78 is 0. The molecule has 0 radical (unpaired) electrons. The monoisotopic (exact) mass is 200 g/mol. The Labute approximate surface area is 88.4 Å². The van der Waals surface area contributed by atoms with Crippen LogP contribution in [0.1, 0.15) is 6.92 Å². The lowest BCUT2D eigenvalue weighted by atomic mass is 10.2. The molecule has 0 saturated carbocycles. The van der Waals surface area contributed by atoms with E-state index < -0.39 is 0 Å². The van der Waals surface area contributed by atoms with E-state index in [-0.39, 0.29) is 0 Å². The number of rotatable bonds is 3. The number of anilines is 1. The largest absolute Gasteiger partial charge is 0.355 e. The van der Waals surface area contributed by atoms with Gasteiger partial charge in [0.25, 0.3) is 0 Å². The average molecular weight is 200 g/mol. The Morgan fingerprint density at radius 3 is 2.53 bits per heavy atom. The van der Waals surface area contributed by atoms with E-state index >= 15 is 0 Å². The molecule has 4 nitrogen and oxygen atoms in total. The van der Waals surface area contributed by atoms with Gasteiger partial charge >= 0.3 is 0 Å². The first-order valence-electron chi connectivity index (χ1n) is 4.86. The van der Waals surface area contributed by atoms with Gasteiger partial charge < -0.3 is 5.32 Å². The molecule has 15 heavy (non-hydrogen) atoms. The number of aromatic nitrogens is 3. The molecule has 0 fully saturated rings. The van der Waals surface area contributed by atoms with Crippen molar-refractivity contribution in [3.05, 3.63) is 36.9 Å². The van der Waals surface area contributed by atoms with E-state index in [0.29, 0.717) is 5.95 Å². The molecule has 2 aromatic rings. The fourth-order valence-electron chi connectivity index (χ4n) is 1.26. The number of hydrogen-bond acceptors (Lipinski definition) is 4. The molecule has 0 unspecified atom stereocenters. The molecule has 4 heteroatoms.